The molecule has 2 heterocycles. The lowest BCUT2D eigenvalue weighted by molar-refractivity contribution is 0.702. The van der Waals surface area contributed by atoms with Crippen molar-refractivity contribution in [3.8, 4) is 0 Å². The van der Waals surface area contributed by atoms with Crippen LogP contribution in [0.15, 0.2) is 11.4 Å². The van der Waals surface area contributed by atoms with Crippen molar-refractivity contribution in [3.63, 3.8) is 0 Å². The van der Waals surface area contributed by atoms with E-state index in [1.807, 2.05) is 0 Å². The van der Waals surface area contributed by atoms with E-state index in [1.165, 1.54) is 10.4 Å². The number of aromatic nitrogens is 3. The van der Waals surface area contributed by atoms with Crippen molar-refractivity contribution in [2.75, 3.05) is 0 Å². The molecule has 0 aliphatic carbocycles. The molecule has 0 unspecified atom stereocenters. The summed E-state index contributed by atoms with van der Waals surface area (Å²) in [6, 6.07) is 2.20. The normalized spacial score (nSPS) is 10.9. The van der Waals surface area contributed by atoms with Crippen LogP contribution < -0.4 is 0 Å². The molecule has 0 bridgehead atoms. The van der Waals surface area contributed by atoms with Crippen molar-refractivity contribution in [2.45, 2.75) is 39.7 Å². The molecule has 0 aromatic carbocycles. The highest BCUT2D eigenvalue weighted by Crippen LogP contribution is 2.19. The molecule has 0 spiro atoms. The average Bonchev–Trinajstić information content (AvgIpc) is 2.90. The number of hydrogen-bond donors (Lipinski definition) is 1. The van der Waals surface area contributed by atoms with E-state index in [9.17, 15) is 0 Å². The molecular formula is C12H17N3S2. The largest absolute Gasteiger partial charge is 0.299 e. The van der Waals surface area contributed by atoms with E-state index in [1.54, 1.807) is 11.3 Å². The third kappa shape index (κ3) is 2.66. The Morgan fingerprint density at radius 3 is 3.00 bits per heavy atom. The van der Waals surface area contributed by atoms with Crippen LogP contribution in [0.5, 0.6) is 0 Å². The molecule has 0 fully saturated rings. The minimum atomic E-state index is 0.726. The van der Waals surface area contributed by atoms with Crippen molar-refractivity contribution in [1.29, 1.82) is 0 Å². The highest BCUT2D eigenvalue weighted by atomic mass is 32.1. The molecule has 2 rings (SSSR count). The zero-order chi connectivity index (χ0) is 12.3. The minimum Gasteiger partial charge on any atom is -0.299 e. The molecule has 92 valence electrons. The number of H-pyrrole nitrogens is 1. The quantitative estimate of drug-likeness (QED) is 0.840. The first-order valence-corrected chi connectivity index (χ1v) is 7.24. The first-order chi connectivity index (χ1) is 8.26. The molecule has 0 amide bonds. The smallest absolute Gasteiger partial charge is 0.195 e. The van der Waals surface area contributed by atoms with Gasteiger partial charge in [0.15, 0.2) is 4.77 Å². The van der Waals surface area contributed by atoms with Crippen molar-refractivity contribution in [1.82, 2.24) is 14.8 Å². The van der Waals surface area contributed by atoms with E-state index >= 15 is 0 Å². The molecule has 0 saturated heterocycles. The summed E-state index contributed by atoms with van der Waals surface area (Å²) in [6.07, 6.45) is 3.14. The van der Waals surface area contributed by atoms with Crippen LogP contribution in [0.4, 0.5) is 0 Å². The lowest BCUT2D eigenvalue weighted by Gasteiger charge is -2.06. The van der Waals surface area contributed by atoms with E-state index in [2.05, 4.69) is 40.1 Å². The third-order valence-electron chi connectivity index (χ3n) is 2.83. The topological polar surface area (TPSA) is 33.6 Å². The first-order valence-electron chi connectivity index (χ1n) is 5.95. The van der Waals surface area contributed by atoms with Crippen molar-refractivity contribution >= 4 is 23.6 Å². The molecule has 0 aliphatic rings. The Morgan fingerprint density at radius 1 is 1.47 bits per heavy atom. The Morgan fingerprint density at radius 2 is 2.29 bits per heavy atom. The van der Waals surface area contributed by atoms with Crippen LogP contribution in [0.3, 0.4) is 0 Å². The van der Waals surface area contributed by atoms with Gasteiger partial charge in [0.2, 0.25) is 0 Å². The average molecular weight is 267 g/mol. The Labute approximate surface area is 111 Å². The fraction of sp³-hybridized carbons (Fsp3) is 0.500. The number of nitrogens with zero attached hydrogens (tertiary/aromatic N) is 2. The highest BCUT2D eigenvalue weighted by Gasteiger charge is 2.09. The van der Waals surface area contributed by atoms with Gasteiger partial charge in [-0.1, -0.05) is 13.8 Å². The summed E-state index contributed by atoms with van der Waals surface area (Å²) in [5.41, 5.74) is 1.42. The van der Waals surface area contributed by atoms with Gasteiger partial charge in [-0.15, -0.1) is 11.3 Å². The maximum absolute atomic E-state index is 5.29. The van der Waals surface area contributed by atoms with Crippen LogP contribution in [0.2, 0.25) is 0 Å². The predicted molar refractivity (Wildman–Crippen MR) is 74.2 cm³/mol. The maximum atomic E-state index is 5.29. The standard InChI is InChI=1S/C12H17N3S2/c1-3-5-11-13-14-12(16)15(11)8-10-9(4-2)6-7-17-10/h6-7H,3-5,8H2,1-2H3,(H,14,16). The van der Waals surface area contributed by atoms with Gasteiger partial charge in [0, 0.05) is 11.3 Å². The lowest BCUT2D eigenvalue weighted by Crippen LogP contribution is -2.05. The fourth-order valence-corrected chi connectivity index (χ4v) is 3.07. The molecule has 1 N–H and O–H groups in total. The zero-order valence-corrected chi connectivity index (χ0v) is 11.8. The van der Waals surface area contributed by atoms with Gasteiger partial charge in [-0.2, -0.15) is 5.10 Å². The molecule has 0 saturated carbocycles. The van der Waals surface area contributed by atoms with Crippen LogP contribution in [0, 0.1) is 4.77 Å². The van der Waals surface area contributed by atoms with Crippen LogP contribution in [0.25, 0.3) is 0 Å². The first kappa shape index (κ1) is 12.5. The van der Waals surface area contributed by atoms with E-state index in [4.69, 9.17) is 12.2 Å². The molecule has 0 aliphatic heterocycles. The van der Waals surface area contributed by atoms with Gasteiger partial charge in [-0.05, 0) is 42.1 Å². The molecule has 0 radical (unpaired) electrons. The molecule has 2 aromatic rings. The summed E-state index contributed by atoms with van der Waals surface area (Å²) in [6.45, 7) is 5.20. The summed E-state index contributed by atoms with van der Waals surface area (Å²) in [5, 5.41) is 9.33. The highest BCUT2D eigenvalue weighted by molar-refractivity contribution is 7.71. The second kappa shape index (κ2) is 5.60. The van der Waals surface area contributed by atoms with Gasteiger partial charge in [-0.25, -0.2) is 0 Å². The van der Waals surface area contributed by atoms with Gasteiger partial charge in [0.25, 0.3) is 0 Å². The van der Waals surface area contributed by atoms with Gasteiger partial charge < -0.3 is 0 Å². The van der Waals surface area contributed by atoms with E-state index in [-0.39, 0.29) is 0 Å². The number of rotatable bonds is 5. The van der Waals surface area contributed by atoms with Gasteiger partial charge >= 0.3 is 0 Å². The summed E-state index contributed by atoms with van der Waals surface area (Å²) >= 11 is 7.09. The number of hydrogen-bond acceptors (Lipinski definition) is 3. The maximum Gasteiger partial charge on any atom is 0.195 e. The Bertz CT molecular complexity index is 536. The van der Waals surface area contributed by atoms with Gasteiger partial charge in [-0.3, -0.25) is 9.67 Å². The monoisotopic (exact) mass is 267 g/mol. The van der Waals surface area contributed by atoms with Crippen molar-refractivity contribution in [2.24, 2.45) is 0 Å². The molecule has 3 nitrogen and oxygen atoms in total. The predicted octanol–water partition coefficient (Wildman–Crippen LogP) is 3.57. The number of aryl methyl sites for hydroxylation is 2. The summed E-state index contributed by atoms with van der Waals surface area (Å²) in [5.74, 6) is 1.06. The summed E-state index contributed by atoms with van der Waals surface area (Å²) in [7, 11) is 0. The fourth-order valence-electron chi connectivity index (χ4n) is 1.89. The molecule has 0 atom stereocenters. The molecule has 5 heteroatoms. The Balaban J connectivity index is 2.29. The summed E-state index contributed by atoms with van der Waals surface area (Å²) in [4.78, 5) is 1.39. The SMILES string of the molecule is CCCc1n[nH]c(=S)n1Cc1sccc1CC. The van der Waals surface area contributed by atoms with Crippen LogP contribution in [-0.4, -0.2) is 14.8 Å². The molecular weight excluding hydrogens is 250 g/mol. The number of aromatic amines is 1. The molecule has 2 aromatic heterocycles. The lowest BCUT2D eigenvalue weighted by atomic mass is 10.2. The zero-order valence-electron chi connectivity index (χ0n) is 10.2. The number of nitrogens with one attached hydrogen (secondary N) is 1. The van der Waals surface area contributed by atoms with Crippen LogP contribution in [0.1, 0.15) is 36.5 Å². The molecule has 17 heavy (non-hydrogen) atoms. The van der Waals surface area contributed by atoms with E-state index in [0.29, 0.717) is 0 Å². The minimum absolute atomic E-state index is 0.726. The van der Waals surface area contributed by atoms with Crippen molar-refractivity contribution < 1.29 is 0 Å². The second-order valence-electron chi connectivity index (χ2n) is 4.00. The Hall–Kier alpha value is -0.940. The van der Waals surface area contributed by atoms with Crippen LogP contribution in [-0.2, 0) is 19.4 Å². The van der Waals surface area contributed by atoms with E-state index in [0.717, 1.165) is 36.4 Å². The van der Waals surface area contributed by atoms with Gasteiger partial charge in [0.05, 0.1) is 6.54 Å². The number of thiophene rings is 1. The van der Waals surface area contributed by atoms with Crippen molar-refractivity contribution in [3.05, 3.63) is 32.5 Å². The van der Waals surface area contributed by atoms with Crippen LogP contribution >= 0.6 is 23.6 Å². The van der Waals surface area contributed by atoms with Gasteiger partial charge in [0.1, 0.15) is 5.82 Å². The summed E-state index contributed by atoms with van der Waals surface area (Å²) < 4.78 is 2.84. The Kier molecular flexibility index (Phi) is 4.12. The second-order valence-corrected chi connectivity index (χ2v) is 5.39. The third-order valence-corrected chi connectivity index (χ3v) is 4.09. The van der Waals surface area contributed by atoms with E-state index < -0.39 is 0 Å².